The lowest BCUT2D eigenvalue weighted by atomic mass is 9.95. The molecule has 0 radical (unpaired) electrons. The molecule has 0 aromatic carbocycles. The molecule has 11 heteroatoms. The summed E-state index contributed by atoms with van der Waals surface area (Å²) in [6.45, 7) is 4.31. The second kappa shape index (κ2) is 8.77. The third-order valence-corrected chi connectivity index (χ3v) is 3.60. The van der Waals surface area contributed by atoms with Crippen molar-refractivity contribution in [3.63, 3.8) is 0 Å². The number of amides is 2. The predicted octanol–water partition coefficient (Wildman–Crippen LogP) is 4.40. The Bertz CT molecular complexity index is 649. The highest BCUT2D eigenvalue weighted by Gasteiger charge is 2.35. The molecule has 1 heterocycles. The van der Waals surface area contributed by atoms with Crippen molar-refractivity contribution in [2.45, 2.75) is 45.3 Å². The second-order valence-corrected chi connectivity index (χ2v) is 6.60. The van der Waals surface area contributed by atoms with E-state index in [4.69, 9.17) is 28.0 Å². The molecule has 0 saturated carbocycles. The summed E-state index contributed by atoms with van der Waals surface area (Å²) in [5.74, 6) is -0.623. The summed E-state index contributed by atoms with van der Waals surface area (Å²) in [4.78, 5) is 33.4. The molecule has 0 fully saturated rings. The highest BCUT2D eigenvalue weighted by atomic mass is 35.5. The first kappa shape index (κ1) is 22.3. The predicted molar refractivity (Wildman–Crippen MR) is 90.2 cm³/mol. The minimum Gasteiger partial charge on any atom is -0.375 e. The van der Waals surface area contributed by atoms with E-state index < -0.39 is 36.4 Å². The zero-order valence-electron chi connectivity index (χ0n) is 14.3. The monoisotopic (exact) mass is 415 g/mol. The molecular weight excluding hydrogens is 398 g/mol. The van der Waals surface area contributed by atoms with Crippen LogP contribution in [0.3, 0.4) is 0 Å². The quantitative estimate of drug-likeness (QED) is 0.528. The van der Waals surface area contributed by atoms with Crippen molar-refractivity contribution in [3.8, 4) is 5.75 Å². The topological polar surface area (TPSA) is 71.5 Å². The van der Waals surface area contributed by atoms with E-state index in [1.54, 1.807) is 6.92 Å². The number of nitrogens with one attached hydrogen (secondary N) is 1. The van der Waals surface area contributed by atoms with Gasteiger partial charge in [0.05, 0.1) is 18.5 Å². The summed E-state index contributed by atoms with van der Waals surface area (Å²) in [5, 5.41) is 3.33. The lowest BCUT2D eigenvalue weighted by Crippen LogP contribution is -2.55. The van der Waals surface area contributed by atoms with Gasteiger partial charge in [0.1, 0.15) is 10.3 Å². The molecular formula is C15H18Cl2F3N3O3. The summed E-state index contributed by atoms with van der Waals surface area (Å²) < 4.78 is 36.8. The fraction of sp³-hybridized carbons (Fsp3) is 0.533. The molecule has 1 aromatic rings. The van der Waals surface area contributed by atoms with Gasteiger partial charge in [-0.15, -0.1) is 0 Å². The first-order valence-electron chi connectivity index (χ1n) is 7.55. The number of rotatable bonds is 7. The maximum absolute atomic E-state index is 12.3. The molecule has 146 valence electrons. The van der Waals surface area contributed by atoms with Crippen LogP contribution in [-0.2, 0) is 4.79 Å². The van der Waals surface area contributed by atoms with Gasteiger partial charge in [-0.2, -0.15) is 18.2 Å². The third-order valence-electron chi connectivity index (χ3n) is 3.22. The van der Waals surface area contributed by atoms with Crippen molar-refractivity contribution in [1.29, 1.82) is 0 Å². The van der Waals surface area contributed by atoms with Crippen LogP contribution in [0, 0.1) is 0 Å². The highest BCUT2D eigenvalue weighted by Crippen LogP contribution is 2.24. The molecule has 1 N–H and O–H groups in total. The average Bonchev–Trinajstić information content (AvgIpc) is 2.47. The van der Waals surface area contributed by atoms with Crippen molar-refractivity contribution in [2.24, 2.45) is 0 Å². The normalized spacial score (nSPS) is 11.8. The smallest absolute Gasteiger partial charge is 0.375 e. The molecule has 0 aliphatic carbocycles. The van der Waals surface area contributed by atoms with Gasteiger partial charge >= 0.3 is 12.2 Å². The van der Waals surface area contributed by atoms with Crippen LogP contribution >= 0.6 is 23.2 Å². The number of carbonyl (C=O) groups excluding carboxylic acids is 2. The van der Waals surface area contributed by atoms with Crippen LogP contribution in [0.25, 0.3) is 0 Å². The van der Waals surface area contributed by atoms with E-state index >= 15 is 0 Å². The Kier molecular flexibility index (Phi) is 7.52. The van der Waals surface area contributed by atoms with E-state index in [0.717, 1.165) is 5.06 Å². The molecule has 26 heavy (non-hydrogen) atoms. The fourth-order valence-electron chi connectivity index (χ4n) is 1.84. The summed E-state index contributed by atoms with van der Waals surface area (Å²) in [7, 11) is 0. The van der Waals surface area contributed by atoms with Crippen LogP contribution < -0.4 is 10.2 Å². The van der Waals surface area contributed by atoms with Crippen LogP contribution in [0.1, 0.15) is 33.6 Å². The van der Waals surface area contributed by atoms with E-state index in [0.29, 0.717) is 0 Å². The van der Waals surface area contributed by atoms with Gasteiger partial charge in [-0.25, -0.2) is 9.78 Å². The largest absolute Gasteiger partial charge is 0.389 e. The van der Waals surface area contributed by atoms with Gasteiger partial charge in [0.15, 0.2) is 11.5 Å². The average molecular weight is 416 g/mol. The molecule has 6 nitrogen and oxygen atoms in total. The van der Waals surface area contributed by atoms with Crippen LogP contribution in [0.5, 0.6) is 5.75 Å². The Hall–Kier alpha value is -1.74. The highest BCUT2D eigenvalue weighted by molar-refractivity contribution is 6.32. The van der Waals surface area contributed by atoms with Crippen LogP contribution in [0.2, 0.25) is 10.3 Å². The number of hydrogen-bond acceptors (Lipinski definition) is 4. The van der Waals surface area contributed by atoms with E-state index in [1.807, 2.05) is 0 Å². The van der Waals surface area contributed by atoms with Crippen LogP contribution in [0.15, 0.2) is 12.1 Å². The van der Waals surface area contributed by atoms with Gasteiger partial charge in [0.2, 0.25) is 0 Å². The number of alkyl halides is 3. The van der Waals surface area contributed by atoms with E-state index in [1.165, 1.54) is 26.0 Å². The number of hydrogen-bond donors (Lipinski definition) is 1. The first-order chi connectivity index (χ1) is 11.8. The molecule has 1 rings (SSSR count). The lowest BCUT2D eigenvalue weighted by Gasteiger charge is -2.29. The number of ketones is 1. The zero-order valence-corrected chi connectivity index (χ0v) is 15.8. The number of carbonyl (C=O) groups is 2. The maximum atomic E-state index is 12.3. The summed E-state index contributed by atoms with van der Waals surface area (Å²) in [6, 6.07) is 1.84. The third kappa shape index (κ3) is 7.25. The van der Waals surface area contributed by atoms with Gasteiger partial charge in [-0.05, 0) is 20.8 Å². The van der Waals surface area contributed by atoms with Crippen LogP contribution in [-0.4, -0.2) is 40.1 Å². The van der Waals surface area contributed by atoms with Gasteiger partial charge in [0.25, 0.3) is 0 Å². The molecule has 0 aliphatic rings. The second-order valence-electron chi connectivity index (χ2n) is 5.83. The number of Topliss-reactive ketones (excluding diaryl/α,β-unsaturated/α-hetero) is 1. The Balaban J connectivity index is 2.76. The minimum atomic E-state index is -4.45. The van der Waals surface area contributed by atoms with Crippen molar-refractivity contribution < 1.29 is 27.6 Å². The van der Waals surface area contributed by atoms with E-state index in [9.17, 15) is 22.8 Å². The molecule has 0 bridgehead atoms. The lowest BCUT2D eigenvalue weighted by molar-refractivity contribution is -0.145. The molecule has 0 atom stereocenters. The Morgan fingerprint density at radius 3 is 2.23 bits per heavy atom. The van der Waals surface area contributed by atoms with Crippen molar-refractivity contribution in [2.75, 3.05) is 6.54 Å². The van der Waals surface area contributed by atoms with Crippen molar-refractivity contribution >= 4 is 35.0 Å². The Morgan fingerprint density at radius 2 is 1.77 bits per heavy atom. The van der Waals surface area contributed by atoms with Gasteiger partial charge in [-0.3, -0.25) is 4.79 Å². The molecule has 2 amide bonds. The standard InChI is InChI=1S/C15H18Cl2F3N3O3/c1-4-23(26-9-7-11(16)21-12(17)8-9)13(25)22-14(2,3)10(24)5-6-15(18,19)20/h7-8H,4-6H2,1-3H3,(H,22,25). The minimum absolute atomic E-state index is 0.0478. The number of nitrogens with zero attached hydrogens (tertiary/aromatic N) is 2. The molecule has 1 aromatic heterocycles. The van der Waals surface area contributed by atoms with Crippen molar-refractivity contribution in [1.82, 2.24) is 15.4 Å². The number of pyridine rings is 1. The number of halogens is 5. The SMILES string of the molecule is CCN(Oc1cc(Cl)nc(Cl)c1)C(=O)NC(C)(C)C(=O)CCC(F)(F)F. The number of urea groups is 1. The van der Waals surface area contributed by atoms with Crippen molar-refractivity contribution in [3.05, 3.63) is 22.4 Å². The summed E-state index contributed by atoms with van der Waals surface area (Å²) in [5.41, 5.74) is -1.51. The van der Waals surface area contributed by atoms with E-state index in [2.05, 4.69) is 10.3 Å². The zero-order chi connectivity index (χ0) is 20.1. The molecule has 0 aliphatic heterocycles. The summed E-state index contributed by atoms with van der Waals surface area (Å²) in [6.07, 6.45) is -6.44. The summed E-state index contributed by atoms with van der Waals surface area (Å²) >= 11 is 11.5. The molecule has 0 spiro atoms. The van der Waals surface area contributed by atoms with E-state index in [-0.39, 0.29) is 22.6 Å². The number of aromatic nitrogens is 1. The molecule has 0 unspecified atom stereocenters. The molecule has 0 saturated heterocycles. The first-order valence-corrected chi connectivity index (χ1v) is 8.30. The Labute approximate surface area is 158 Å². The van der Waals surface area contributed by atoms with Crippen LogP contribution in [0.4, 0.5) is 18.0 Å². The van der Waals surface area contributed by atoms with Gasteiger partial charge < -0.3 is 10.2 Å². The Morgan fingerprint density at radius 1 is 1.23 bits per heavy atom. The van der Waals surface area contributed by atoms with Gasteiger partial charge in [-0.1, -0.05) is 23.2 Å². The number of hydroxylamine groups is 2. The fourth-order valence-corrected chi connectivity index (χ4v) is 2.28. The maximum Gasteiger partial charge on any atom is 0.389 e. The van der Waals surface area contributed by atoms with Gasteiger partial charge in [0, 0.05) is 18.6 Å².